The lowest BCUT2D eigenvalue weighted by Gasteiger charge is -2.04. The minimum atomic E-state index is -0.131. The summed E-state index contributed by atoms with van der Waals surface area (Å²) in [6.07, 6.45) is 0. The first-order valence-corrected chi connectivity index (χ1v) is 7.82. The summed E-state index contributed by atoms with van der Waals surface area (Å²) < 4.78 is 0. The Balaban J connectivity index is 1.74. The van der Waals surface area contributed by atoms with Crippen molar-refractivity contribution >= 4 is 22.9 Å². The second kappa shape index (κ2) is 6.45. The lowest BCUT2D eigenvalue weighted by atomic mass is 10.2. The van der Waals surface area contributed by atoms with Crippen LogP contribution in [0.15, 0.2) is 66.7 Å². The molecule has 3 nitrogen and oxygen atoms in total. The predicted octanol–water partition coefficient (Wildman–Crippen LogP) is 3.93. The van der Waals surface area contributed by atoms with Crippen molar-refractivity contribution in [1.82, 2.24) is 5.32 Å². The molecule has 3 rings (SSSR count). The predicted molar refractivity (Wildman–Crippen MR) is 91.8 cm³/mol. The standard InChI is InChI=1S/C18H16N2OS/c19-15-11-16(14-9-5-2-6-10-14)22-17(15)18(21)20-12-13-7-3-1-4-8-13/h1-11H,12,19H2,(H,20,21). The molecular formula is C18H16N2OS. The van der Waals surface area contributed by atoms with Crippen molar-refractivity contribution in [3.63, 3.8) is 0 Å². The number of hydrogen-bond donors (Lipinski definition) is 2. The number of anilines is 1. The molecule has 3 aromatic rings. The molecule has 1 aromatic heterocycles. The van der Waals surface area contributed by atoms with Gasteiger partial charge in [-0.3, -0.25) is 4.79 Å². The quantitative estimate of drug-likeness (QED) is 0.767. The Kier molecular flexibility index (Phi) is 4.21. The van der Waals surface area contributed by atoms with Crippen molar-refractivity contribution in [2.75, 3.05) is 5.73 Å². The Morgan fingerprint density at radius 1 is 1.00 bits per heavy atom. The minimum Gasteiger partial charge on any atom is -0.397 e. The van der Waals surface area contributed by atoms with Gasteiger partial charge in [0.15, 0.2) is 0 Å². The molecule has 4 heteroatoms. The fourth-order valence-electron chi connectivity index (χ4n) is 2.19. The lowest BCUT2D eigenvalue weighted by molar-refractivity contribution is 0.0956. The molecule has 0 aliphatic rings. The molecule has 2 aromatic carbocycles. The second-order valence-corrected chi connectivity index (χ2v) is 5.98. The van der Waals surface area contributed by atoms with E-state index in [1.807, 2.05) is 66.7 Å². The molecule has 0 spiro atoms. The molecule has 3 N–H and O–H groups in total. The van der Waals surface area contributed by atoms with Crippen LogP contribution >= 0.6 is 11.3 Å². The Labute approximate surface area is 133 Å². The first-order valence-electron chi connectivity index (χ1n) is 7.01. The van der Waals surface area contributed by atoms with Crippen molar-refractivity contribution < 1.29 is 4.79 Å². The van der Waals surface area contributed by atoms with Crippen molar-refractivity contribution in [2.24, 2.45) is 0 Å². The number of hydrogen-bond acceptors (Lipinski definition) is 3. The SMILES string of the molecule is Nc1cc(-c2ccccc2)sc1C(=O)NCc1ccccc1. The van der Waals surface area contributed by atoms with Gasteiger partial charge in [-0.05, 0) is 17.2 Å². The molecule has 0 unspecified atom stereocenters. The van der Waals surface area contributed by atoms with Crippen LogP contribution in [-0.2, 0) is 6.54 Å². The van der Waals surface area contributed by atoms with Crippen molar-refractivity contribution in [2.45, 2.75) is 6.54 Å². The second-order valence-electron chi connectivity index (χ2n) is 4.93. The van der Waals surface area contributed by atoms with Gasteiger partial charge in [0, 0.05) is 11.4 Å². The maximum absolute atomic E-state index is 12.3. The van der Waals surface area contributed by atoms with E-state index in [0.717, 1.165) is 16.0 Å². The maximum atomic E-state index is 12.3. The van der Waals surface area contributed by atoms with Crippen molar-refractivity contribution in [3.8, 4) is 10.4 Å². The third kappa shape index (κ3) is 3.18. The van der Waals surface area contributed by atoms with Crippen LogP contribution in [0.3, 0.4) is 0 Å². The zero-order valence-electron chi connectivity index (χ0n) is 12.0. The molecule has 0 fully saturated rings. The molecule has 0 saturated carbocycles. The van der Waals surface area contributed by atoms with Gasteiger partial charge in [-0.2, -0.15) is 0 Å². The average molecular weight is 308 g/mol. The van der Waals surface area contributed by atoms with E-state index >= 15 is 0 Å². The summed E-state index contributed by atoms with van der Waals surface area (Å²) in [6, 6.07) is 21.6. The van der Waals surface area contributed by atoms with Gasteiger partial charge in [-0.25, -0.2) is 0 Å². The Morgan fingerprint density at radius 3 is 2.32 bits per heavy atom. The number of nitrogens with one attached hydrogen (secondary N) is 1. The van der Waals surface area contributed by atoms with Gasteiger partial charge >= 0.3 is 0 Å². The Bertz CT molecular complexity index is 766. The fourth-order valence-corrected chi connectivity index (χ4v) is 3.19. The summed E-state index contributed by atoms with van der Waals surface area (Å²) in [5.41, 5.74) is 8.66. The van der Waals surface area contributed by atoms with Crippen LogP contribution in [0.2, 0.25) is 0 Å². The molecule has 110 valence electrons. The summed E-state index contributed by atoms with van der Waals surface area (Å²) in [5, 5.41) is 2.91. The van der Waals surface area contributed by atoms with E-state index in [1.54, 1.807) is 0 Å². The highest BCUT2D eigenvalue weighted by Gasteiger charge is 2.14. The van der Waals surface area contributed by atoms with E-state index in [2.05, 4.69) is 5.32 Å². The van der Waals surface area contributed by atoms with Crippen LogP contribution in [0.4, 0.5) is 5.69 Å². The first-order chi connectivity index (χ1) is 10.7. The number of amides is 1. The third-order valence-corrected chi connectivity index (χ3v) is 4.52. The van der Waals surface area contributed by atoms with Gasteiger partial charge in [0.2, 0.25) is 0 Å². The summed E-state index contributed by atoms with van der Waals surface area (Å²) in [5.74, 6) is -0.131. The molecule has 0 saturated heterocycles. The van der Waals surface area contributed by atoms with Gasteiger partial charge in [0.1, 0.15) is 4.88 Å². The van der Waals surface area contributed by atoms with E-state index in [-0.39, 0.29) is 5.91 Å². The van der Waals surface area contributed by atoms with Crippen LogP contribution in [0.1, 0.15) is 15.2 Å². The number of nitrogens with two attached hydrogens (primary N) is 1. The maximum Gasteiger partial charge on any atom is 0.263 e. The molecule has 0 aliphatic carbocycles. The Morgan fingerprint density at radius 2 is 1.64 bits per heavy atom. The van der Waals surface area contributed by atoms with E-state index in [4.69, 9.17) is 5.73 Å². The minimum absolute atomic E-state index is 0.131. The molecule has 0 aliphatic heterocycles. The van der Waals surface area contributed by atoms with E-state index in [0.29, 0.717) is 17.1 Å². The van der Waals surface area contributed by atoms with Gasteiger partial charge in [-0.1, -0.05) is 60.7 Å². The molecule has 1 amide bonds. The highest BCUT2D eigenvalue weighted by Crippen LogP contribution is 2.32. The van der Waals surface area contributed by atoms with Crippen LogP contribution in [0, 0.1) is 0 Å². The molecule has 1 heterocycles. The fraction of sp³-hybridized carbons (Fsp3) is 0.0556. The molecular weight excluding hydrogens is 292 g/mol. The highest BCUT2D eigenvalue weighted by molar-refractivity contribution is 7.18. The van der Waals surface area contributed by atoms with Crippen LogP contribution in [0.25, 0.3) is 10.4 Å². The van der Waals surface area contributed by atoms with Crippen LogP contribution in [0.5, 0.6) is 0 Å². The number of nitrogen functional groups attached to an aromatic ring is 1. The monoisotopic (exact) mass is 308 g/mol. The molecule has 0 atom stereocenters. The van der Waals surface area contributed by atoms with Gasteiger partial charge in [0.25, 0.3) is 5.91 Å². The summed E-state index contributed by atoms with van der Waals surface area (Å²) in [6.45, 7) is 0.498. The number of thiophene rings is 1. The normalized spacial score (nSPS) is 10.4. The largest absolute Gasteiger partial charge is 0.397 e. The lowest BCUT2D eigenvalue weighted by Crippen LogP contribution is -2.22. The molecule has 22 heavy (non-hydrogen) atoms. The Hall–Kier alpha value is -2.59. The number of carbonyl (C=O) groups excluding carboxylic acids is 1. The molecule has 0 bridgehead atoms. The van der Waals surface area contributed by atoms with E-state index < -0.39 is 0 Å². The zero-order chi connectivity index (χ0) is 15.4. The van der Waals surface area contributed by atoms with Gasteiger partial charge in [0.05, 0.1) is 5.69 Å². The summed E-state index contributed by atoms with van der Waals surface area (Å²) in [7, 11) is 0. The van der Waals surface area contributed by atoms with Crippen molar-refractivity contribution in [1.29, 1.82) is 0 Å². The first kappa shape index (κ1) is 14.4. The van der Waals surface area contributed by atoms with E-state index in [1.165, 1.54) is 11.3 Å². The van der Waals surface area contributed by atoms with Gasteiger partial charge < -0.3 is 11.1 Å². The average Bonchev–Trinajstić information content (AvgIpc) is 2.96. The van der Waals surface area contributed by atoms with E-state index in [9.17, 15) is 4.79 Å². The topological polar surface area (TPSA) is 55.1 Å². The zero-order valence-corrected chi connectivity index (χ0v) is 12.8. The van der Waals surface area contributed by atoms with Crippen LogP contribution in [-0.4, -0.2) is 5.91 Å². The van der Waals surface area contributed by atoms with Crippen LogP contribution < -0.4 is 11.1 Å². The highest BCUT2D eigenvalue weighted by atomic mass is 32.1. The number of benzene rings is 2. The van der Waals surface area contributed by atoms with Crippen molar-refractivity contribution in [3.05, 3.63) is 77.2 Å². The third-order valence-electron chi connectivity index (χ3n) is 3.32. The summed E-state index contributed by atoms with van der Waals surface area (Å²) >= 11 is 1.42. The summed E-state index contributed by atoms with van der Waals surface area (Å²) in [4.78, 5) is 13.9. The van der Waals surface area contributed by atoms with Gasteiger partial charge in [-0.15, -0.1) is 11.3 Å². The smallest absolute Gasteiger partial charge is 0.263 e. The number of carbonyl (C=O) groups is 1. The number of rotatable bonds is 4. The molecule has 0 radical (unpaired) electrons.